The number of rotatable bonds is 6. The third-order valence-electron chi connectivity index (χ3n) is 5.64. The van der Waals surface area contributed by atoms with Gasteiger partial charge < -0.3 is 15.0 Å². The van der Waals surface area contributed by atoms with Crippen LogP contribution in [0, 0.1) is 29.0 Å². The standard InChI is InChI=1S/C22H28FN3O4/c1-14(2)22(4,13-24)25-19(27)15(3)30-21(29)17-9-11-26(12-10-17)20(28)16-5-7-18(23)8-6-16/h5-8,14-15,17H,9-12H2,1-4H3,(H,25,27)/t15-,22+/m0/s1. The Morgan fingerprint density at radius 1 is 1.20 bits per heavy atom. The molecule has 1 saturated heterocycles. The summed E-state index contributed by atoms with van der Waals surface area (Å²) in [6.07, 6.45) is -0.188. The maximum absolute atomic E-state index is 13.0. The molecule has 1 aromatic carbocycles. The fourth-order valence-corrected chi connectivity index (χ4v) is 3.08. The molecule has 1 aromatic rings. The van der Waals surface area contributed by atoms with Crippen LogP contribution in [-0.2, 0) is 14.3 Å². The van der Waals surface area contributed by atoms with E-state index in [0.29, 0.717) is 31.5 Å². The van der Waals surface area contributed by atoms with Crippen LogP contribution in [0.15, 0.2) is 24.3 Å². The summed E-state index contributed by atoms with van der Waals surface area (Å²) in [6, 6.07) is 7.42. The number of amides is 2. The van der Waals surface area contributed by atoms with Gasteiger partial charge in [-0.3, -0.25) is 14.4 Å². The Labute approximate surface area is 176 Å². The van der Waals surface area contributed by atoms with Crippen LogP contribution in [0.3, 0.4) is 0 Å². The van der Waals surface area contributed by atoms with Gasteiger partial charge in [0.25, 0.3) is 11.8 Å². The summed E-state index contributed by atoms with van der Waals surface area (Å²) in [5, 5.41) is 12.0. The predicted octanol–water partition coefficient (Wildman–Crippen LogP) is 2.66. The first kappa shape index (κ1) is 23.3. The van der Waals surface area contributed by atoms with E-state index in [2.05, 4.69) is 11.4 Å². The van der Waals surface area contributed by atoms with Crippen molar-refractivity contribution in [3.8, 4) is 6.07 Å². The second-order valence-electron chi connectivity index (χ2n) is 8.11. The first-order chi connectivity index (χ1) is 14.1. The molecule has 8 heteroatoms. The van der Waals surface area contributed by atoms with Crippen molar-refractivity contribution in [2.75, 3.05) is 13.1 Å². The minimum atomic E-state index is -1.05. The summed E-state index contributed by atoms with van der Waals surface area (Å²) >= 11 is 0. The van der Waals surface area contributed by atoms with Crippen LogP contribution in [0.1, 0.15) is 50.9 Å². The molecule has 0 unspecified atom stereocenters. The molecule has 7 nitrogen and oxygen atoms in total. The van der Waals surface area contributed by atoms with E-state index >= 15 is 0 Å². The highest BCUT2D eigenvalue weighted by molar-refractivity contribution is 5.94. The molecule has 2 atom stereocenters. The second kappa shape index (κ2) is 9.70. The average Bonchev–Trinajstić information content (AvgIpc) is 2.73. The van der Waals surface area contributed by atoms with Crippen LogP contribution in [0.2, 0.25) is 0 Å². The number of likely N-dealkylation sites (tertiary alicyclic amines) is 1. The van der Waals surface area contributed by atoms with Gasteiger partial charge in [-0.2, -0.15) is 5.26 Å². The number of hydrogen-bond acceptors (Lipinski definition) is 5. The fourth-order valence-electron chi connectivity index (χ4n) is 3.08. The summed E-state index contributed by atoms with van der Waals surface area (Å²) in [5.74, 6) is -2.16. The maximum atomic E-state index is 13.0. The van der Waals surface area contributed by atoms with Gasteiger partial charge in [-0.1, -0.05) is 13.8 Å². The fraction of sp³-hybridized carbons (Fsp3) is 0.545. The highest BCUT2D eigenvalue weighted by Crippen LogP contribution is 2.22. The van der Waals surface area contributed by atoms with Gasteiger partial charge in [0.05, 0.1) is 12.0 Å². The van der Waals surface area contributed by atoms with Gasteiger partial charge in [-0.25, -0.2) is 4.39 Å². The Hall–Kier alpha value is -2.95. The smallest absolute Gasteiger partial charge is 0.309 e. The molecule has 0 bridgehead atoms. The molecule has 1 N–H and O–H groups in total. The Balaban J connectivity index is 1.86. The van der Waals surface area contributed by atoms with Gasteiger partial charge in [0.2, 0.25) is 0 Å². The van der Waals surface area contributed by atoms with E-state index in [9.17, 15) is 24.0 Å². The Bertz CT molecular complexity index is 826. The van der Waals surface area contributed by atoms with Crippen molar-refractivity contribution in [1.82, 2.24) is 10.2 Å². The molecule has 0 saturated carbocycles. The molecule has 1 aliphatic rings. The first-order valence-corrected chi connectivity index (χ1v) is 10.1. The lowest BCUT2D eigenvalue weighted by Crippen LogP contribution is -2.52. The molecular weight excluding hydrogens is 389 g/mol. The number of esters is 1. The SMILES string of the molecule is CC(C)[C@@](C)(C#N)NC(=O)[C@H](C)OC(=O)C1CCN(C(=O)c2ccc(F)cc2)CC1. The highest BCUT2D eigenvalue weighted by atomic mass is 19.1. The molecule has 2 amide bonds. The quantitative estimate of drug-likeness (QED) is 0.718. The van der Waals surface area contributed by atoms with E-state index in [1.807, 2.05) is 13.8 Å². The molecule has 1 aliphatic heterocycles. The lowest BCUT2D eigenvalue weighted by atomic mass is 9.90. The Morgan fingerprint density at radius 3 is 2.27 bits per heavy atom. The molecule has 0 spiro atoms. The van der Waals surface area contributed by atoms with E-state index in [0.717, 1.165) is 0 Å². The van der Waals surface area contributed by atoms with Crippen LogP contribution in [0.5, 0.6) is 0 Å². The molecule has 162 valence electrons. The number of nitrogens with zero attached hydrogens (tertiary/aromatic N) is 2. The first-order valence-electron chi connectivity index (χ1n) is 10.1. The van der Waals surface area contributed by atoms with Gasteiger partial charge in [-0.05, 0) is 56.9 Å². The molecule has 0 radical (unpaired) electrons. The summed E-state index contributed by atoms with van der Waals surface area (Å²) in [7, 11) is 0. The minimum Gasteiger partial charge on any atom is -0.452 e. The lowest BCUT2D eigenvalue weighted by molar-refractivity contribution is -0.160. The van der Waals surface area contributed by atoms with Crippen molar-refractivity contribution in [2.24, 2.45) is 11.8 Å². The number of carbonyl (C=O) groups excluding carboxylic acids is 3. The molecular formula is C22H28FN3O4. The number of hydrogen-bond donors (Lipinski definition) is 1. The maximum Gasteiger partial charge on any atom is 0.309 e. The van der Waals surface area contributed by atoms with E-state index < -0.39 is 35.3 Å². The van der Waals surface area contributed by atoms with Crippen LogP contribution in [0.4, 0.5) is 4.39 Å². The summed E-state index contributed by atoms with van der Waals surface area (Å²) in [6.45, 7) is 7.48. The van der Waals surface area contributed by atoms with Gasteiger partial charge in [0.15, 0.2) is 6.10 Å². The van der Waals surface area contributed by atoms with Crippen molar-refractivity contribution in [3.63, 3.8) is 0 Å². The Kier molecular flexibility index (Phi) is 7.54. The lowest BCUT2D eigenvalue weighted by Gasteiger charge is -2.32. The van der Waals surface area contributed by atoms with E-state index in [1.165, 1.54) is 31.2 Å². The number of carbonyl (C=O) groups is 3. The monoisotopic (exact) mass is 417 g/mol. The van der Waals surface area contributed by atoms with Crippen molar-refractivity contribution < 1.29 is 23.5 Å². The van der Waals surface area contributed by atoms with Crippen LogP contribution >= 0.6 is 0 Å². The van der Waals surface area contributed by atoms with E-state index in [-0.39, 0.29) is 11.8 Å². The third kappa shape index (κ3) is 5.56. The number of piperidine rings is 1. The average molecular weight is 417 g/mol. The van der Waals surface area contributed by atoms with Crippen LogP contribution in [-0.4, -0.2) is 47.4 Å². The summed E-state index contributed by atoms with van der Waals surface area (Å²) in [4.78, 5) is 38.9. The molecule has 1 fully saturated rings. The van der Waals surface area contributed by atoms with Crippen molar-refractivity contribution in [1.29, 1.82) is 5.26 Å². The minimum absolute atomic E-state index is 0.114. The largest absolute Gasteiger partial charge is 0.452 e. The van der Waals surface area contributed by atoms with Crippen LogP contribution < -0.4 is 5.32 Å². The van der Waals surface area contributed by atoms with Gasteiger partial charge in [0.1, 0.15) is 11.4 Å². The van der Waals surface area contributed by atoms with E-state index in [4.69, 9.17) is 4.74 Å². The number of nitriles is 1. The van der Waals surface area contributed by atoms with Crippen molar-refractivity contribution in [2.45, 2.75) is 52.2 Å². The molecule has 0 aromatic heterocycles. The third-order valence-corrected chi connectivity index (χ3v) is 5.64. The highest BCUT2D eigenvalue weighted by Gasteiger charge is 2.34. The second-order valence-corrected chi connectivity index (χ2v) is 8.11. The van der Waals surface area contributed by atoms with Gasteiger partial charge in [-0.15, -0.1) is 0 Å². The molecule has 30 heavy (non-hydrogen) atoms. The number of ether oxygens (including phenoxy) is 1. The zero-order valence-electron chi connectivity index (χ0n) is 17.8. The predicted molar refractivity (Wildman–Crippen MR) is 108 cm³/mol. The summed E-state index contributed by atoms with van der Waals surface area (Å²) in [5.41, 5.74) is -0.655. The zero-order chi connectivity index (χ0) is 22.5. The van der Waals surface area contributed by atoms with Crippen molar-refractivity contribution >= 4 is 17.8 Å². The molecule has 1 heterocycles. The van der Waals surface area contributed by atoms with Crippen LogP contribution in [0.25, 0.3) is 0 Å². The Morgan fingerprint density at radius 2 is 1.77 bits per heavy atom. The normalized spacial score (nSPS) is 17.6. The molecule has 2 rings (SSSR count). The number of benzene rings is 1. The van der Waals surface area contributed by atoms with E-state index in [1.54, 1.807) is 11.8 Å². The van der Waals surface area contributed by atoms with Gasteiger partial charge in [0, 0.05) is 18.7 Å². The molecule has 0 aliphatic carbocycles. The summed E-state index contributed by atoms with van der Waals surface area (Å²) < 4.78 is 18.3. The number of nitrogens with one attached hydrogen (secondary N) is 1. The van der Waals surface area contributed by atoms with Crippen molar-refractivity contribution in [3.05, 3.63) is 35.6 Å². The van der Waals surface area contributed by atoms with Gasteiger partial charge >= 0.3 is 5.97 Å². The topological polar surface area (TPSA) is 99.5 Å². The zero-order valence-corrected chi connectivity index (χ0v) is 17.8. The number of halogens is 1.